The van der Waals surface area contributed by atoms with Crippen LogP contribution in [0.3, 0.4) is 0 Å². The number of rotatable bonds is 5. The molecule has 1 aromatic carbocycles. The minimum atomic E-state index is -0.360. The van der Waals surface area contributed by atoms with Crippen LogP contribution < -0.4 is 10.2 Å². The molecule has 3 heterocycles. The van der Waals surface area contributed by atoms with Crippen LogP contribution in [0.25, 0.3) is 11.4 Å². The third kappa shape index (κ3) is 3.56. The number of thiophene rings is 1. The molecule has 128 valence electrons. The van der Waals surface area contributed by atoms with Gasteiger partial charge in [-0.3, -0.25) is 4.79 Å². The van der Waals surface area contributed by atoms with E-state index in [4.69, 9.17) is 4.52 Å². The molecule has 0 unspecified atom stereocenters. The van der Waals surface area contributed by atoms with Crippen molar-refractivity contribution in [1.82, 2.24) is 15.5 Å². The van der Waals surface area contributed by atoms with Crippen molar-refractivity contribution in [3.8, 4) is 11.4 Å². The monoisotopic (exact) mass is 354 g/mol. The van der Waals surface area contributed by atoms with Gasteiger partial charge >= 0.3 is 11.8 Å². The first kappa shape index (κ1) is 15.8. The molecule has 0 saturated carbocycles. The number of hydrogen-bond donors (Lipinski definition) is 1. The fourth-order valence-electron chi connectivity index (χ4n) is 2.89. The minimum Gasteiger partial charge on any atom is -0.372 e. The Hall–Kier alpha value is -2.67. The summed E-state index contributed by atoms with van der Waals surface area (Å²) >= 11 is 1.59. The molecule has 0 spiro atoms. The highest BCUT2D eigenvalue weighted by Crippen LogP contribution is 2.24. The van der Waals surface area contributed by atoms with E-state index in [0.717, 1.165) is 23.5 Å². The number of carbonyl (C=O) groups excluding carboxylic acids is 1. The van der Waals surface area contributed by atoms with Gasteiger partial charge in [-0.1, -0.05) is 11.2 Å². The Kier molecular flexibility index (Phi) is 4.47. The quantitative estimate of drug-likeness (QED) is 0.761. The van der Waals surface area contributed by atoms with Gasteiger partial charge < -0.3 is 14.7 Å². The first-order chi connectivity index (χ1) is 12.3. The van der Waals surface area contributed by atoms with Crippen molar-refractivity contribution in [2.24, 2.45) is 0 Å². The standard InChI is InChI=1S/C18H18N4O2S/c23-17(19-12-15-4-3-11-25-15)18-20-16(21-24-18)13-5-7-14(8-6-13)22-9-1-2-10-22/h3-8,11H,1-2,9-10,12H2,(H,19,23). The topological polar surface area (TPSA) is 71.3 Å². The van der Waals surface area contributed by atoms with Crippen LogP contribution in [-0.4, -0.2) is 29.1 Å². The summed E-state index contributed by atoms with van der Waals surface area (Å²) in [7, 11) is 0. The molecule has 25 heavy (non-hydrogen) atoms. The average molecular weight is 354 g/mol. The Morgan fingerprint density at radius 1 is 1.20 bits per heavy atom. The fourth-order valence-corrected chi connectivity index (χ4v) is 3.53. The van der Waals surface area contributed by atoms with E-state index in [2.05, 4.69) is 32.5 Å². The maximum absolute atomic E-state index is 12.1. The maximum Gasteiger partial charge on any atom is 0.316 e. The largest absolute Gasteiger partial charge is 0.372 e. The average Bonchev–Trinajstić information content (AvgIpc) is 3.42. The molecule has 1 aliphatic rings. The molecule has 0 aliphatic carbocycles. The lowest BCUT2D eigenvalue weighted by Crippen LogP contribution is -2.22. The number of hydrogen-bond acceptors (Lipinski definition) is 6. The Bertz CT molecular complexity index is 836. The van der Waals surface area contributed by atoms with Gasteiger partial charge in [0.2, 0.25) is 5.82 Å². The summed E-state index contributed by atoms with van der Waals surface area (Å²) in [6.07, 6.45) is 2.49. The summed E-state index contributed by atoms with van der Waals surface area (Å²) in [5, 5.41) is 8.67. The fraction of sp³-hybridized carbons (Fsp3) is 0.278. The molecule has 7 heteroatoms. The van der Waals surface area contributed by atoms with Gasteiger partial charge in [0.05, 0.1) is 6.54 Å². The molecular formula is C18H18N4O2S. The van der Waals surface area contributed by atoms with Gasteiger partial charge in [0.25, 0.3) is 0 Å². The number of carbonyl (C=O) groups is 1. The van der Waals surface area contributed by atoms with Crippen molar-refractivity contribution in [2.45, 2.75) is 19.4 Å². The van der Waals surface area contributed by atoms with Crippen LogP contribution in [-0.2, 0) is 6.54 Å². The number of nitrogens with zero attached hydrogens (tertiary/aromatic N) is 3. The Labute approximate surface area is 149 Å². The lowest BCUT2D eigenvalue weighted by Gasteiger charge is -2.17. The van der Waals surface area contributed by atoms with Gasteiger partial charge in [-0.2, -0.15) is 4.98 Å². The minimum absolute atomic E-state index is 0.0184. The molecule has 6 nitrogen and oxygen atoms in total. The summed E-state index contributed by atoms with van der Waals surface area (Å²) in [5.74, 6) is 0.0465. The number of amides is 1. The molecule has 1 fully saturated rings. The predicted octanol–water partition coefficient (Wildman–Crippen LogP) is 3.33. The molecule has 0 atom stereocenters. The molecule has 0 bridgehead atoms. The SMILES string of the molecule is O=C(NCc1cccs1)c1nc(-c2ccc(N3CCCC3)cc2)no1. The molecule has 3 aromatic rings. The third-order valence-electron chi connectivity index (χ3n) is 4.22. The molecule has 0 radical (unpaired) electrons. The zero-order valence-electron chi connectivity index (χ0n) is 13.6. The van der Waals surface area contributed by atoms with Crippen molar-refractivity contribution >= 4 is 22.9 Å². The Morgan fingerprint density at radius 3 is 2.72 bits per heavy atom. The zero-order chi connectivity index (χ0) is 17.1. The second-order valence-electron chi connectivity index (χ2n) is 5.93. The van der Waals surface area contributed by atoms with Gasteiger partial charge in [-0.25, -0.2) is 0 Å². The van der Waals surface area contributed by atoms with Gasteiger partial charge in [0.15, 0.2) is 0 Å². The van der Waals surface area contributed by atoms with E-state index in [1.165, 1.54) is 18.5 Å². The van der Waals surface area contributed by atoms with Crippen molar-refractivity contribution in [1.29, 1.82) is 0 Å². The maximum atomic E-state index is 12.1. The van der Waals surface area contributed by atoms with Crippen LogP contribution >= 0.6 is 11.3 Å². The summed E-state index contributed by atoms with van der Waals surface area (Å²) in [6.45, 7) is 2.67. The lowest BCUT2D eigenvalue weighted by molar-refractivity contribution is 0.0907. The summed E-state index contributed by atoms with van der Waals surface area (Å²) in [6, 6.07) is 12.0. The number of aromatic nitrogens is 2. The highest BCUT2D eigenvalue weighted by molar-refractivity contribution is 7.09. The zero-order valence-corrected chi connectivity index (χ0v) is 14.5. The molecule has 4 rings (SSSR count). The van der Waals surface area contributed by atoms with Crippen molar-refractivity contribution in [3.05, 3.63) is 52.5 Å². The van der Waals surface area contributed by atoms with E-state index >= 15 is 0 Å². The first-order valence-electron chi connectivity index (χ1n) is 8.29. The van der Waals surface area contributed by atoms with Gasteiger partial charge in [0, 0.05) is 29.2 Å². The highest BCUT2D eigenvalue weighted by Gasteiger charge is 2.17. The normalized spacial score (nSPS) is 14.0. The molecule has 1 amide bonds. The third-order valence-corrected chi connectivity index (χ3v) is 5.10. The van der Waals surface area contributed by atoms with Crippen LogP contribution in [0.2, 0.25) is 0 Å². The van der Waals surface area contributed by atoms with E-state index in [1.54, 1.807) is 11.3 Å². The van der Waals surface area contributed by atoms with Crippen molar-refractivity contribution in [3.63, 3.8) is 0 Å². The highest BCUT2D eigenvalue weighted by atomic mass is 32.1. The van der Waals surface area contributed by atoms with Gasteiger partial charge in [-0.05, 0) is 48.6 Å². The molecular weight excluding hydrogens is 336 g/mol. The predicted molar refractivity (Wildman–Crippen MR) is 96.7 cm³/mol. The summed E-state index contributed by atoms with van der Waals surface area (Å²) < 4.78 is 5.10. The van der Waals surface area contributed by atoms with Crippen LogP contribution in [0.5, 0.6) is 0 Å². The van der Waals surface area contributed by atoms with Crippen LogP contribution in [0.1, 0.15) is 28.4 Å². The van der Waals surface area contributed by atoms with E-state index in [9.17, 15) is 4.79 Å². The summed E-state index contributed by atoms with van der Waals surface area (Å²) in [4.78, 5) is 19.7. The van der Waals surface area contributed by atoms with E-state index < -0.39 is 0 Å². The van der Waals surface area contributed by atoms with Crippen LogP contribution in [0, 0.1) is 0 Å². The second kappa shape index (κ2) is 7.06. The summed E-state index contributed by atoms with van der Waals surface area (Å²) in [5.41, 5.74) is 2.04. The van der Waals surface area contributed by atoms with Crippen LogP contribution in [0.15, 0.2) is 46.3 Å². The van der Waals surface area contributed by atoms with Gasteiger partial charge in [-0.15, -0.1) is 11.3 Å². The first-order valence-corrected chi connectivity index (χ1v) is 9.17. The molecule has 1 aliphatic heterocycles. The lowest BCUT2D eigenvalue weighted by atomic mass is 10.2. The smallest absolute Gasteiger partial charge is 0.316 e. The van der Waals surface area contributed by atoms with E-state index in [0.29, 0.717) is 12.4 Å². The number of anilines is 1. The molecule has 2 aromatic heterocycles. The molecule has 1 saturated heterocycles. The molecule has 1 N–H and O–H groups in total. The number of benzene rings is 1. The van der Waals surface area contributed by atoms with E-state index in [-0.39, 0.29) is 11.8 Å². The van der Waals surface area contributed by atoms with E-state index in [1.807, 2.05) is 29.6 Å². The second-order valence-corrected chi connectivity index (χ2v) is 6.96. The Balaban J connectivity index is 1.42. The van der Waals surface area contributed by atoms with Crippen molar-refractivity contribution < 1.29 is 9.32 Å². The van der Waals surface area contributed by atoms with Crippen LogP contribution in [0.4, 0.5) is 5.69 Å². The Morgan fingerprint density at radius 2 is 2.00 bits per heavy atom. The van der Waals surface area contributed by atoms with Crippen molar-refractivity contribution in [2.75, 3.05) is 18.0 Å². The van der Waals surface area contributed by atoms with Gasteiger partial charge in [0.1, 0.15) is 0 Å². The number of nitrogens with one attached hydrogen (secondary N) is 1.